The summed E-state index contributed by atoms with van der Waals surface area (Å²) in [5.41, 5.74) is 1.01. The molecule has 0 atom stereocenters. The number of hydrogen-bond donors (Lipinski definition) is 1. The summed E-state index contributed by atoms with van der Waals surface area (Å²) < 4.78 is 0. The maximum Gasteiger partial charge on any atom is 0.254 e. The fourth-order valence-electron chi connectivity index (χ4n) is 1.28. The largest absolute Gasteiger partial charge is 0.357 e. The van der Waals surface area contributed by atoms with Gasteiger partial charge in [-0.15, -0.1) is 0 Å². The normalized spacial score (nSPS) is 23.2. The maximum atomic E-state index is 11.1. The summed E-state index contributed by atoms with van der Waals surface area (Å²) in [5.74, 6) is 0.956. The Morgan fingerprint density at radius 2 is 2.17 bits per heavy atom. The summed E-state index contributed by atoms with van der Waals surface area (Å²) in [5, 5.41) is 2.79. The fraction of sp³-hybridized carbons (Fsp3) is 0.625. The summed E-state index contributed by atoms with van der Waals surface area (Å²) >= 11 is 0. The Bertz CT molecular complexity index is 276. The molecule has 0 unspecified atom stereocenters. The molecule has 12 heavy (non-hydrogen) atoms. The van der Waals surface area contributed by atoms with E-state index in [1.54, 1.807) is 7.05 Å². The van der Waals surface area contributed by atoms with E-state index in [2.05, 4.69) is 15.3 Å². The van der Waals surface area contributed by atoms with E-state index in [1.165, 1.54) is 12.8 Å². The summed E-state index contributed by atoms with van der Waals surface area (Å²) in [4.78, 5) is 19.1. The van der Waals surface area contributed by atoms with E-state index in [1.807, 2.05) is 0 Å². The first kappa shape index (κ1) is 7.46. The van der Waals surface area contributed by atoms with E-state index in [0.29, 0.717) is 18.3 Å². The first-order valence-corrected chi connectivity index (χ1v) is 4.16. The van der Waals surface area contributed by atoms with Crippen molar-refractivity contribution < 1.29 is 4.79 Å². The smallest absolute Gasteiger partial charge is 0.254 e. The maximum absolute atomic E-state index is 11.1. The highest BCUT2D eigenvalue weighted by atomic mass is 16.1. The van der Waals surface area contributed by atoms with Gasteiger partial charge in [0.25, 0.3) is 5.91 Å². The Kier molecular flexibility index (Phi) is 1.67. The van der Waals surface area contributed by atoms with Crippen molar-refractivity contribution in [1.82, 2.24) is 5.32 Å². The molecule has 1 N–H and O–H groups in total. The van der Waals surface area contributed by atoms with Gasteiger partial charge in [-0.25, -0.2) is 4.99 Å². The van der Waals surface area contributed by atoms with E-state index in [0.717, 1.165) is 5.71 Å². The van der Waals surface area contributed by atoms with Crippen LogP contribution in [0.5, 0.6) is 0 Å². The molecule has 64 valence electrons. The molecular formula is C8H11N3O. The van der Waals surface area contributed by atoms with Crippen LogP contribution in [0.2, 0.25) is 0 Å². The van der Waals surface area contributed by atoms with Crippen LogP contribution in [0.4, 0.5) is 0 Å². The molecular weight excluding hydrogens is 154 g/mol. The number of nitrogens with one attached hydrogen (secondary N) is 1. The van der Waals surface area contributed by atoms with E-state index in [9.17, 15) is 4.79 Å². The summed E-state index contributed by atoms with van der Waals surface area (Å²) in [6, 6.07) is 0. The quantitative estimate of drug-likeness (QED) is 0.609. The third kappa shape index (κ3) is 1.37. The van der Waals surface area contributed by atoms with E-state index >= 15 is 0 Å². The number of nitrogens with zero attached hydrogens (tertiary/aromatic N) is 2. The molecule has 4 heteroatoms. The minimum absolute atomic E-state index is 0.0729. The summed E-state index contributed by atoms with van der Waals surface area (Å²) in [7, 11) is 1.73. The van der Waals surface area contributed by atoms with Gasteiger partial charge in [-0.3, -0.25) is 4.79 Å². The predicted octanol–water partition coefficient (Wildman–Crippen LogP) is 0.343. The third-order valence-corrected chi connectivity index (χ3v) is 2.08. The van der Waals surface area contributed by atoms with Crippen LogP contribution in [-0.2, 0) is 4.79 Å². The van der Waals surface area contributed by atoms with Gasteiger partial charge in [-0.05, 0) is 18.8 Å². The van der Waals surface area contributed by atoms with Crippen molar-refractivity contribution in [3.63, 3.8) is 0 Å². The van der Waals surface area contributed by atoms with E-state index in [-0.39, 0.29) is 5.91 Å². The third-order valence-electron chi connectivity index (χ3n) is 2.08. The second-order valence-corrected chi connectivity index (χ2v) is 3.13. The summed E-state index contributed by atoms with van der Waals surface area (Å²) in [6.07, 6.45) is 2.79. The Hall–Kier alpha value is -1.19. The lowest BCUT2D eigenvalue weighted by Gasteiger charge is -2.09. The average molecular weight is 165 g/mol. The van der Waals surface area contributed by atoms with Gasteiger partial charge in [0, 0.05) is 12.8 Å². The van der Waals surface area contributed by atoms with Crippen molar-refractivity contribution in [1.29, 1.82) is 0 Å². The molecule has 1 heterocycles. The Morgan fingerprint density at radius 1 is 1.42 bits per heavy atom. The predicted molar refractivity (Wildman–Crippen MR) is 46.3 cm³/mol. The van der Waals surface area contributed by atoms with Crippen LogP contribution in [0.3, 0.4) is 0 Å². The van der Waals surface area contributed by atoms with Crippen LogP contribution in [0.1, 0.15) is 19.3 Å². The number of carbonyl (C=O) groups is 1. The zero-order chi connectivity index (χ0) is 8.55. The van der Waals surface area contributed by atoms with Gasteiger partial charge in [0.15, 0.2) is 0 Å². The molecule has 1 aliphatic heterocycles. The molecule has 0 spiro atoms. The number of rotatable bonds is 1. The van der Waals surface area contributed by atoms with Gasteiger partial charge in [0.05, 0.1) is 6.42 Å². The zero-order valence-corrected chi connectivity index (χ0v) is 7.00. The van der Waals surface area contributed by atoms with Crippen LogP contribution in [0, 0.1) is 5.92 Å². The van der Waals surface area contributed by atoms with E-state index in [4.69, 9.17) is 0 Å². The van der Waals surface area contributed by atoms with Crippen molar-refractivity contribution in [2.24, 2.45) is 15.9 Å². The lowest BCUT2D eigenvalue weighted by atomic mass is 10.1. The molecule has 0 radical (unpaired) electrons. The van der Waals surface area contributed by atoms with Crippen molar-refractivity contribution >= 4 is 17.6 Å². The van der Waals surface area contributed by atoms with Gasteiger partial charge < -0.3 is 5.32 Å². The van der Waals surface area contributed by atoms with Crippen molar-refractivity contribution in [2.45, 2.75) is 19.3 Å². The van der Waals surface area contributed by atoms with E-state index < -0.39 is 0 Å². The number of amides is 1. The molecule has 2 rings (SSSR count). The van der Waals surface area contributed by atoms with Crippen LogP contribution in [0.15, 0.2) is 9.98 Å². The van der Waals surface area contributed by atoms with Crippen molar-refractivity contribution in [2.75, 3.05) is 7.05 Å². The molecule has 0 bridgehead atoms. The molecule has 0 aromatic heterocycles. The second-order valence-electron chi connectivity index (χ2n) is 3.13. The molecule has 0 saturated heterocycles. The highest BCUT2D eigenvalue weighted by molar-refractivity contribution is 6.14. The standard InChI is InChI=1S/C8H11N3O/c1-9-8-10-6(5-2-3-5)4-7(12)11-8/h5H,2-4H2,1H3,(H,9,11,12). The highest BCUT2D eigenvalue weighted by Crippen LogP contribution is 2.32. The van der Waals surface area contributed by atoms with Crippen LogP contribution in [0.25, 0.3) is 0 Å². The van der Waals surface area contributed by atoms with Crippen LogP contribution in [-0.4, -0.2) is 24.6 Å². The molecule has 0 aromatic carbocycles. The lowest BCUT2D eigenvalue weighted by Crippen LogP contribution is -2.25. The summed E-state index contributed by atoms with van der Waals surface area (Å²) in [6.45, 7) is 0. The molecule has 0 aromatic rings. The molecule has 1 amide bonds. The first-order valence-electron chi connectivity index (χ1n) is 4.16. The number of guanidine groups is 1. The van der Waals surface area contributed by atoms with Gasteiger partial charge in [0.2, 0.25) is 5.96 Å². The van der Waals surface area contributed by atoms with Crippen molar-refractivity contribution in [3.8, 4) is 0 Å². The second kappa shape index (κ2) is 2.69. The van der Waals surface area contributed by atoms with Gasteiger partial charge in [-0.2, -0.15) is 4.99 Å². The Balaban J connectivity index is 2.18. The number of aliphatic imine (C=N–C) groups is 2. The average Bonchev–Trinajstić information content (AvgIpc) is 2.85. The SMILES string of the molecule is CNC1=NC(=O)CC(C2CC2)=N1. The molecule has 1 saturated carbocycles. The van der Waals surface area contributed by atoms with Gasteiger partial charge in [-0.1, -0.05) is 0 Å². The molecule has 4 nitrogen and oxygen atoms in total. The minimum Gasteiger partial charge on any atom is -0.357 e. The molecule has 2 aliphatic rings. The van der Waals surface area contributed by atoms with Gasteiger partial charge in [0.1, 0.15) is 0 Å². The first-order chi connectivity index (χ1) is 5.79. The Labute approximate surface area is 70.8 Å². The van der Waals surface area contributed by atoms with Gasteiger partial charge >= 0.3 is 0 Å². The van der Waals surface area contributed by atoms with Crippen molar-refractivity contribution in [3.05, 3.63) is 0 Å². The van der Waals surface area contributed by atoms with Crippen LogP contribution >= 0.6 is 0 Å². The number of hydrogen-bond acceptors (Lipinski definition) is 3. The fourth-order valence-corrected chi connectivity index (χ4v) is 1.28. The number of carbonyl (C=O) groups excluding carboxylic acids is 1. The zero-order valence-electron chi connectivity index (χ0n) is 7.00. The lowest BCUT2D eigenvalue weighted by molar-refractivity contribution is -0.116. The topological polar surface area (TPSA) is 53.8 Å². The monoisotopic (exact) mass is 165 g/mol. The Morgan fingerprint density at radius 3 is 2.75 bits per heavy atom. The molecule has 1 fully saturated rings. The minimum atomic E-state index is -0.0729. The highest BCUT2D eigenvalue weighted by Gasteiger charge is 2.30. The van der Waals surface area contributed by atoms with Crippen LogP contribution < -0.4 is 5.32 Å². The molecule has 1 aliphatic carbocycles.